The zero-order chi connectivity index (χ0) is 18.4. The molecule has 1 atom stereocenters. The van der Waals surface area contributed by atoms with Crippen molar-refractivity contribution in [3.63, 3.8) is 0 Å². The first kappa shape index (κ1) is 17.8. The van der Waals surface area contributed by atoms with Gasteiger partial charge in [-0.1, -0.05) is 29.8 Å². The van der Waals surface area contributed by atoms with E-state index < -0.39 is 0 Å². The van der Waals surface area contributed by atoms with Crippen LogP contribution in [0.2, 0.25) is 5.15 Å². The molecule has 3 aromatic rings. The van der Waals surface area contributed by atoms with Crippen LogP contribution in [-0.4, -0.2) is 15.9 Å². The molecule has 1 N–H and O–H groups in total. The number of nitrogens with zero attached hydrogens (tertiary/aromatic N) is 2. The summed E-state index contributed by atoms with van der Waals surface area (Å²) in [6.45, 7) is 1.96. The largest absolute Gasteiger partial charge is 0.346 e. The van der Waals surface area contributed by atoms with Crippen molar-refractivity contribution in [2.45, 2.75) is 13.0 Å². The van der Waals surface area contributed by atoms with Crippen LogP contribution in [0.5, 0.6) is 0 Å². The molecule has 0 aliphatic rings. The number of benzene rings is 1. The number of hydrogen-bond acceptors (Lipinski definition) is 3. The van der Waals surface area contributed by atoms with Crippen molar-refractivity contribution in [2.24, 2.45) is 0 Å². The number of pyridine rings is 2. The van der Waals surface area contributed by atoms with Gasteiger partial charge in [0.05, 0.1) is 6.04 Å². The molecule has 0 spiro atoms. The van der Waals surface area contributed by atoms with Gasteiger partial charge in [0.15, 0.2) is 0 Å². The Bertz CT molecular complexity index is 908. The van der Waals surface area contributed by atoms with E-state index in [1.54, 1.807) is 30.7 Å². The van der Waals surface area contributed by atoms with Gasteiger partial charge in [0.25, 0.3) is 0 Å². The van der Waals surface area contributed by atoms with Crippen LogP contribution in [0.25, 0.3) is 17.2 Å². The lowest BCUT2D eigenvalue weighted by atomic mass is 10.0. The Morgan fingerprint density at radius 2 is 1.92 bits per heavy atom. The summed E-state index contributed by atoms with van der Waals surface area (Å²) in [7, 11) is 0. The second kappa shape index (κ2) is 8.41. The molecular formula is C21H18ClN3O. The van der Waals surface area contributed by atoms with E-state index in [0.29, 0.717) is 5.15 Å². The van der Waals surface area contributed by atoms with Crippen molar-refractivity contribution >= 4 is 23.6 Å². The van der Waals surface area contributed by atoms with Crippen LogP contribution >= 0.6 is 11.6 Å². The highest BCUT2D eigenvalue weighted by molar-refractivity contribution is 6.29. The molecule has 2 heterocycles. The van der Waals surface area contributed by atoms with Gasteiger partial charge < -0.3 is 5.32 Å². The molecule has 0 bridgehead atoms. The quantitative estimate of drug-likeness (QED) is 0.528. The van der Waals surface area contributed by atoms with Gasteiger partial charge in [0, 0.05) is 30.2 Å². The molecule has 3 rings (SSSR count). The molecule has 26 heavy (non-hydrogen) atoms. The number of amides is 1. The van der Waals surface area contributed by atoms with Crippen LogP contribution in [0, 0.1) is 0 Å². The van der Waals surface area contributed by atoms with Crippen LogP contribution in [-0.2, 0) is 4.79 Å². The number of hydrogen-bond donors (Lipinski definition) is 1. The van der Waals surface area contributed by atoms with Crippen molar-refractivity contribution < 1.29 is 4.79 Å². The fourth-order valence-corrected chi connectivity index (χ4v) is 2.64. The Labute approximate surface area is 157 Å². The molecule has 5 heteroatoms. The van der Waals surface area contributed by atoms with Crippen molar-refractivity contribution in [2.75, 3.05) is 0 Å². The maximum Gasteiger partial charge on any atom is 0.244 e. The van der Waals surface area contributed by atoms with E-state index in [1.165, 1.54) is 6.08 Å². The first-order chi connectivity index (χ1) is 12.6. The van der Waals surface area contributed by atoms with Crippen LogP contribution < -0.4 is 5.32 Å². The molecule has 0 aliphatic carbocycles. The molecule has 0 fully saturated rings. The van der Waals surface area contributed by atoms with Gasteiger partial charge in [-0.25, -0.2) is 4.98 Å². The van der Waals surface area contributed by atoms with Crippen molar-refractivity contribution in [1.82, 2.24) is 15.3 Å². The molecule has 1 aromatic carbocycles. The summed E-state index contributed by atoms with van der Waals surface area (Å²) in [5, 5.41) is 3.44. The van der Waals surface area contributed by atoms with Crippen LogP contribution in [0.4, 0.5) is 0 Å². The van der Waals surface area contributed by atoms with E-state index >= 15 is 0 Å². The second-order valence-electron chi connectivity index (χ2n) is 5.84. The molecule has 130 valence electrons. The number of carbonyl (C=O) groups excluding carboxylic acids is 1. The van der Waals surface area contributed by atoms with E-state index in [2.05, 4.69) is 15.3 Å². The third-order valence-electron chi connectivity index (χ3n) is 3.94. The minimum Gasteiger partial charge on any atom is -0.346 e. The van der Waals surface area contributed by atoms with Gasteiger partial charge in [0.2, 0.25) is 5.91 Å². The fraction of sp³-hybridized carbons (Fsp3) is 0.0952. The van der Waals surface area contributed by atoms with Gasteiger partial charge >= 0.3 is 0 Å². The Balaban J connectivity index is 1.69. The summed E-state index contributed by atoms with van der Waals surface area (Å²) in [5.74, 6) is -0.145. The second-order valence-corrected chi connectivity index (χ2v) is 6.23. The zero-order valence-electron chi connectivity index (χ0n) is 14.3. The fourth-order valence-electron chi connectivity index (χ4n) is 2.53. The standard InChI is InChI=1S/C21H18ClN3O/c1-15(25-21(26)8-5-16-9-11-23-12-10-16)17-3-2-4-18(13-17)19-6-7-20(22)24-14-19/h2-15H,1H3,(H,25,26)/b8-5+. The van der Waals surface area contributed by atoms with Crippen LogP contribution in [0.3, 0.4) is 0 Å². The molecule has 4 nitrogen and oxygen atoms in total. The number of aromatic nitrogens is 2. The van der Waals surface area contributed by atoms with Gasteiger partial charge in [-0.2, -0.15) is 0 Å². The highest BCUT2D eigenvalue weighted by Crippen LogP contribution is 2.23. The average Bonchev–Trinajstić information content (AvgIpc) is 2.68. The molecule has 0 saturated carbocycles. The highest BCUT2D eigenvalue weighted by atomic mass is 35.5. The Morgan fingerprint density at radius 3 is 2.65 bits per heavy atom. The topological polar surface area (TPSA) is 54.9 Å². The molecule has 2 aromatic heterocycles. The SMILES string of the molecule is CC(NC(=O)/C=C/c1ccncc1)c1cccc(-c2ccc(Cl)nc2)c1. The third kappa shape index (κ3) is 4.77. The van der Waals surface area contributed by atoms with E-state index in [9.17, 15) is 4.79 Å². The predicted octanol–water partition coefficient (Wildman–Crippen LogP) is 4.69. The van der Waals surface area contributed by atoms with Gasteiger partial charge in [0.1, 0.15) is 5.15 Å². The van der Waals surface area contributed by atoms with Crippen molar-refractivity contribution in [1.29, 1.82) is 0 Å². The molecule has 0 saturated heterocycles. The zero-order valence-corrected chi connectivity index (χ0v) is 15.0. The Kier molecular flexibility index (Phi) is 5.77. The number of halogens is 1. The molecule has 0 radical (unpaired) electrons. The first-order valence-corrected chi connectivity index (χ1v) is 8.60. The maximum atomic E-state index is 12.2. The summed E-state index contributed by atoms with van der Waals surface area (Å²) in [6, 6.07) is 15.3. The summed E-state index contributed by atoms with van der Waals surface area (Å²) in [5.41, 5.74) is 3.95. The monoisotopic (exact) mass is 363 g/mol. The lowest BCUT2D eigenvalue weighted by molar-refractivity contribution is -0.117. The maximum absolute atomic E-state index is 12.2. The predicted molar refractivity (Wildman–Crippen MR) is 105 cm³/mol. The first-order valence-electron chi connectivity index (χ1n) is 8.22. The molecule has 0 aliphatic heterocycles. The summed E-state index contributed by atoms with van der Waals surface area (Å²) in [4.78, 5) is 20.2. The van der Waals surface area contributed by atoms with Gasteiger partial charge in [-0.3, -0.25) is 9.78 Å². The average molecular weight is 364 g/mol. The normalized spacial score (nSPS) is 12.1. The summed E-state index contributed by atoms with van der Waals surface area (Å²) >= 11 is 5.84. The number of rotatable bonds is 5. The van der Waals surface area contributed by atoms with Crippen molar-refractivity contribution in [3.05, 3.63) is 89.5 Å². The lowest BCUT2D eigenvalue weighted by Gasteiger charge is -2.14. The molecule has 1 amide bonds. The third-order valence-corrected chi connectivity index (χ3v) is 4.16. The van der Waals surface area contributed by atoms with E-state index in [1.807, 2.05) is 49.4 Å². The summed E-state index contributed by atoms with van der Waals surface area (Å²) in [6.07, 6.45) is 8.41. The number of carbonyl (C=O) groups is 1. The van der Waals surface area contributed by atoms with Gasteiger partial charge in [-0.15, -0.1) is 0 Å². The minimum atomic E-state index is -0.145. The lowest BCUT2D eigenvalue weighted by Crippen LogP contribution is -2.24. The van der Waals surface area contributed by atoms with Crippen LogP contribution in [0.1, 0.15) is 24.1 Å². The smallest absolute Gasteiger partial charge is 0.244 e. The van der Waals surface area contributed by atoms with Crippen molar-refractivity contribution in [3.8, 4) is 11.1 Å². The van der Waals surface area contributed by atoms with E-state index in [-0.39, 0.29) is 11.9 Å². The van der Waals surface area contributed by atoms with Crippen LogP contribution in [0.15, 0.2) is 73.2 Å². The van der Waals surface area contributed by atoms with Gasteiger partial charge in [-0.05, 0) is 60.0 Å². The summed E-state index contributed by atoms with van der Waals surface area (Å²) < 4.78 is 0. The molecular weight excluding hydrogens is 346 g/mol. The Morgan fingerprint density at radius 1 is 1.12 bits per heavy atom. The van der Waals surface area contributed by atoms with E-state index in [4.69, 9.17) is 11.6 Å². The highest BCUT2D eigenvalue weighted by Gasteiger charge is 2.09. The van der Waals surface area contributed by atoms with E-state index in [0.717, 1.165) is 22.3 Å². The molecule has 1 unspecified atom stereocenters. The minimum absolute atomic E-state index is 0.121. The Hall–Kier alpha value is -2.98. The number of nitrogens with one attached hydrogen (secondary N) is 1.